The van der Waals surface area contributed by atoms with Gasteiger partial charge in [-0.15, -0.1) is 0 Å². The molecular weight excluding hydrogens is 270 g/mol. The molecule has 1 aromatic carbocycles. The van der Waals surface area contributed by atoms with Crippen LogP contribution in [0.15, 0.2) is 30.3 Å². The number of hydrogen-bond donors (Lipinski definition) is 2. The normalized spacial score (nSPS) is 22.7. The number of nitrogens with one attached hydrogen (secondary N) is 1. The van der Waals surface area contributed by atoms with Gasteiger partial charge in [0.2, 0.25) is 5.91 Å². The van der Waals surface area contributed by atoms with Crippen molar-refractivity contribution < 1.29 is 19.4 Å². The number of hydrogen-bond acceptors (Lipinski definition) is 3. The van der Waals surface area contributed by atoms with E-state index in [2.05, 4.69) is 5.32 Å². The summed E-state index contributed by atoms with van der Waals surface area (Å²) in [7, 11) is 1.61. The van der Waals surface area contributed by atoms with Gasteiger partial charge in [-0.05, 0) is 24.8 Å². The van der Waals surface area contributed by atoms with Crippen LogP contribution in [0.25, 0.3) is 0 Å². The van der Waals surface area contributed by atoms with E-state index >= 15 is 0 Å². The van der Waals surface area contributed by atoms with Crippen LogP contribution in [0.5, 0.6) is 0 Å². The smallest absolute Gasteiger partial charge is 0.306 e. The molecule has 2 rings (SSSR count). The highest BCUT2D eigenvalue weighted by atomic mass is 16.5. The van der Waals surface area contributed by atoms with Crippen LogP contribution in [0.4, 0.5) is 0 Å². The van der Waals surface area contributed by atoms with Crippen LogP contribution in [0.3, 0.4) is 0 Å². The van der Waals surface area contributed by atoms with Gasteiger partial charge in [0.15, 0.2) is 0 Å². The van der Waals surface area contributed by atoms with Crippen LogP contribution in [-0.4, -0.2) is 30.6 Å². The van der Waals surface area contributed by atoms with Crippen molar-refractivity contribution >= 4 is 11.9 Å². The second-order valence-corrected chi connectivity index (χ2v) is 5.43. The van der Waals surface area contributed by atoms with Crippen molar-refractivity contribution in [2.75, 3.05) is 13.7 Å². The zero-order valence-electron chi connectivity index (χ0n) is 12.1. The Morgan fingerprint density at radius 3 is 2.52 bits per heavy atom. The van der Waals surface area contributed by atoms with Gasteiger partial charge in [0, 0.05) is 19.6 Å². The molecule has 1 aromatic rings. The predicted molar refractivity (Wildman–Crippen MR) is 77.7 cm³/mol. The first kappa shape index (κ1) is 15.5. The van der Waals surface area contributed by atoms with E-state index in [1.54, 1.807) is 7.11 Å². The van der Waals surface area contributed by atoms with E-state index in [4.69, 9.17) is 9.84 Å². The molecule has 0 radical (unpaired) electrons. The van der Waals surface area contributed by atoms with Crippen molar-refractivity contribution in [2.45, 2.75) is 25.4 Å². The SMILES string of the molecule is COC(CNC(=O)[C@@H]1CC[C@H](C(=O)O)C1)c1ccccc1. The average molecular weight is 291 g/mol. The quantitative estimate of drug-likeness (QED) is 0.840. The van der Waals surface area contributed by atoms with Gasteiger partial charge in [0.05, 0.1) is 12.0 Å². The largest absolute Gasteiger partial charge is 0.481 e. The van der Waals surface area contributed by atoms with Crippen molar-refractivity contribution in [3.63, 3.8) is 0 Å². The summed E-state index contributed by atoms with van der Waals surface area (Å²) < 4.78 is 5.40. The minimum atomic E-state index is -0.802. The molecule has 1 saturated carbocycles. The maximum Gasteiger partial charge on any atom is 0.306 e. The van der Waals surface area contributed by atoms with Crippen LogP contribution in [0, 0.1) is 11.8 Å². The van der Waals surface area contributed by atoms with E-state index in [1.165, 1.54) is 0 Å². The number of aliphatic carboxylic acids is 1. The Labute approximate surface area is 124 Å². The van der Waals surface area contributed by atoms with Gasteiger partial charge in [-0.25, -0.2) is 0 Å². The molecule has 5 heteroatoms. The fraction of sp³-hybridized carbons (Fsp3) is 0.500. The Bertz CT molecular complexity index is 488. The van der Waals surface area contributed by atoms with Crippen molar-refractivity contribution in [1.29, 1.82) is 0 Å². The lowest BCUT2D eigenvalue weighted by Gasteiger charge is -2.18. The Kier molecular flexibility index (Phi) is 5.33. The van der Waals surface area contributed by atoms with Gasteiger partial charge in [-0.1, -0.05) is 30.3 Å². The number of benzene rings is 1. The molecule has 114 valence electrons. The molecule has 1 fully saturated rings. The zero-order chi connectivity index (χ0) is 15.2. The molecule has 0 heterocycles. The Morgan fingerprint density at radius 2 is 1.95 bits per heavy atom. The van der Waals surface area contributed by atoms with Crippen molar-refractivity contribution in [1.82, 2.24) is 5.32 Å². The standard InChI is InChI=1S/C16H21NO4/c1-21-14(11-5-3-2-4-6-11)10-17-15(18)12-7-8-13(9-12)16(19)20/h2-6,12-14H,7-10H2,1H3,(H,17,18)(H,19,20)/t12-,13+,14?/m1/s1. The average Bonchev–Trinajstić information content (AvgIpc) is 2.99. The van der Waals surface area contributed by atoms with Crippen LogP contribution in [-0.2, 0) is 14.3 Å². The third-order valence-corrected chi connectivity index (χ3v) is 4.07. The van der Waals surface area contributed by atoms with Crippen LogP contribution < -0.4 is 5.32 Å². The number of ether oxygens (including phenoxy) is 1. The topological polar surface area (TPSA) is 75.6 Å². The highest BCUT2D eigenvalue weighted by Gasteiger charge is 2.33. The highest BCUT2D eigenvalue weighted by Crippen LogP contribution is 2.31. The van der Waals surface area contributed by atoms with Crippen molar-refractivity contribution in [3.05, 3.63) is 35.9 Å². The summed E-state index contributed by atoms with van der Waals surface area (Å²) in [5.41, 5.74) is 1.01. The molecular formula is C16H21NO4. The van der Waals surface area contributed by atoms with E-state index < -0.39 is 5.97 Å². The summed E-state index contributed by atoms with van der Waals surface area (Å²) >= 11 is 0. The van der Waals surface area contributed by atoms with E-state index in [1.807, 2.05) is 30.3 Å². The first-order valence-electron chi connectivity index (χ1n) is 7.20. The summed E-state index contributed by atoms with van der Waals surface area (Å²) in [6.45, 7) is 0.396. The summed E-state index contributed by atoms with van der Waals surface area (Å²) in [6.07, 6.45) is 1.47. The number of amides is 1. The monoisotopic (exact) mass is 291 g/mol. The number of carboxylic acids is 1. The molecule has 21 heavy (non-hydrogen) atoms. The fourth-order valence-electron chi connectivity index (χ4n) is 2.79. The molecule has 0 saturated heterocycles. The Balaban J connectivity index is 1.85. The van der Waals surface area contributed by atoms with Gasteiger partial charge in [0.25, 0.3) is 0 Å². The number of methoxy groups -OCH3 is 1. The second kappa shape index (κ2) is 7.22. The molecule has 0 aliphatic heterocycles. The summed E-state index contributed by atoms with van der Waals surface area (Å²) in [5.74, 6) is -1.45. The summed E-state index contributed by atoms with van der Waals surface area (Å²) in [6, 6.07) is 9.70. The number of carbonyl (C=O) groups is 2. The van der Waals surface area contributed by atoms with Crippen LogP contribution in [0.1, 0.15) is 30.9 Å². The molecule has 3 atom stereocenters. The molecule has 0 aromatic heterocycles. The Morgan fingerprint density at radius 1 is 1.29 bits per heavy atom. The molecule has 1 aliphatic carbocycles. The molecule has 1 amide bonds. The molecule has 2 N–H and O–H groups in total. The lowest BCUT2D eigenvalue weighted by Crippen LogP contribution is -2.33. The molecule has 0 bridgehead atoms. The Hall–Kier alpha value is -1.88. The first-order valence-corrected chi connectivity index (χ1v) is 7.20. The summed E-state index contributed by atoms with van der Waals surface area (Å²) in [4.78, 5) is 23.0. The van der Waals surface area contributed by atoms with E-state index in [9.17, 15) is 9.59 Å². The third-order valence-electron chi connectivity index (χ3n) is 4.07. The van der Waals surface area contributed by atoms with Crippen LogP contribution in [0.2, 0.25) is 0 Å². The fourth-order valence-corrected chi connectivity index (χ4v) is 2.79. The van der Waals surface area contributed by atoms with Crippen molar-refractivity contribution in [3.8, 4) is 0 Å². The minimum absolute atomic E-state index is 0.0725. The predicted octanol–water partition coefficient (Wildman–Crippen LogP) is 1.99. The molecule has 1 aliphatic rings. The maximum atomic E-state index is 12.1. The second-order valence-electron chi connectivity index (χ2n) is 5.43. The van der Waals surface area contributed by atoms with Crippen LogP contribution >= 0.6 is 0 Å². The lowest BCUT2D eigenvalue weighted by atomic mass is 10.0. The van der Waals surface area contributed by atoms with Gasteiger partial charge in [-0.2, -0.15) is 0 Å². The lowest BCUT2D eigenvalue weighted by molar-refractivity contribution is -0.141. The van der Waals surface area contributed by atoms with Crippen molar-refractivity contribution in [2.24, 2.45) is 11.8 Å². The van der Waals surface area contributed by atoms with E-state index in [0.717, 1.165) is 5.56 Å². The van der Waals surface area contributed by atoms with Gasteiger partial charge >= 0.3 is 5.97 Å². The van der Waals surface area contributed by atoms with Gasteiger partial charge in [-0.3, -0.25) is 9.59 Å². The van der Waals surface area contributed by atoms with E-state index in [0.29, 0.717) is 25.8 Å². The molecule has 5 nitrogen and oxygen atoms in total. The number of carbonyl (C=O) groups excluding carboxylic acids is 1. The van der Waals surface area contributed by atoms with Gasteiger partial charge in [0.1, 0.15) is 0 Å². The first-order chi connectivity index (χ1) is 10.1. The third kappa shape index (κ3) is 4.04. The zero-order valence-corrected chi connectivity index (χ0v) is 12.1. The minimum Gasteiger partial charge on any atom is -0.481 e. The maximum absolute atomic E-state index is 12.1. The molecule has 0 spiro atoms. The number of carboxylic acid groups (broad SMARTS) is 1. The number of rotatable bonds is 6. The summed E-state index contributed by atoms with van der Waals surface area (Å²) in [5, 5.41) is 11.8. The van der Waals surface area contributed by atoms with Gasteiger partial charge < -0.3 is 15.2 Å². The van der Waals surface area contributed by atoms with E-state index in [-0.39, 0.29) is 23.8 Å². The highest BCUT2D eigenvalue weighted by molar-refractivity contribution is 5.80. The molecule has 1 unspecified atom stereocenters.